The van der Waals surface area contributed by atoms with Crippen LogP contribution in [0.4, 0.5) is 0 Å². The number of benzene rings is 2. The Bertz CT molecular complexity index is 796. The van der Waals surface area contributed by atoms with E-state index in [1.165, 1.54) is 12.1 Å². The van der Waals surface area contributed by atoms with Crippen molar-refractivity contribution in [2.45, 2.75) is 24.8 Å². The Labute approximate surface area is 135 Å². The molecule has 0 saturated heterocycles. The fourth-order valence-corrected chi connectivity index (χ4v) is 3.18. The summed E-state index contributed by atoms with van der Waals surface area (Å²) in [4.78, 5) is 0.135. The first-order valence-corrected chi connectivity index (χ1v) is 8.71. The summed E-state index contributed by atoms with van der Waals surface area (Å²) in [5.41, 5.74) is 2.03. The minimum atomic E-state index is -3.80. The summed E-state index contributed by atoms with van der Waals surface area (Å²) in [6, 6.07) is 12.1. The molecule has 23 heavy (non-hydrogen) atoms. The molecule has 1 atom stereocenters. The van der Waals surface area contributed by atoms with Gasteiger partial charge in [0.15, 0.2) is 17.6 Å². The SMILES string of the molecule is Cc1ccc(S(=O)(=O)OCC2COc3ccc(C)cc3O2)cc1. The molecule has 122 valence electrons. The number of hydrogen-bond donors (Lipinski definition) is 0. The van der Waals surface area contributed by atoms with Crippen LogP contribution in [-0.2, 0) is 14.3 Å². The number of hydrogen-bond acceptors (Lipinski definition) is 5. The largest absolute Gasteiger partial charge is 0.486 e. The minimum absolute atomic E-state index is 0.0937. The molecule has 1 aliphatic rings. The van der Waals surface area contributed by atoms with Crippen LogP contribution in [0.25, 0.3) is 0 Å². The van der Waals surface area contributed by atoms with Crippen LogP contribution < -0.4 is 9.47 Å². The molecule has 0 fully saturated rings. The highest BCUT2D eigenvalue weighted by Crippen LogP contribution is 2.32. The molecular formula is C17H18O5S. The van der Waals surface area contributed by atoms with E-state index in [2.05, 4.69) is 0 Å². The van der Waals surface area contributed by atoms with Crippen LogP contribution >= 0.6 is 0 Å². The standard InChI is InChI=1S/C17H18O5S/c1-12-3-6-15(7-4-12)23(18,19)21-11-14-10-20-16-8-5-13(2)9-17(16)22-14/h3-9,14H,10-11H2,1-2H3. The van der Waals surface area contributed by atoms with Crippen LogP contribution in [0.5, 0.6) is 11.5 Å². The summed E-state index contributed by atoms with van der Waals surface area (Å²) in [7, 11) is -3.80. The summed E-state index contributed by atoms with van der Waals surface area (Å²) < 4.78 is 40.8. The van der Waals surface area contributed by atoms with Crippen LogP contribution in [0.15, 0.2) is 47.4 Å². The summed E-state index contributed by atoms with van der Waals surface area (Å²) in [5, 5.41) is 0. The highest BCUT2D eigenvalue weighted by molar-refractivity contribution is 7.86. The molecule has 0 radical (unpaired) electrons. The van der Waals surface area contributed by atoms with Crippen molar-refractivity contribution in [1.82, 2.24) is 0 Å². The molecule has 6 heteroatoms. The van der Waals surface area contributed by atoms with Crippen molar-refractivity contribution < 1.29 is 22.1 Å². The zero-order chi connectivity index (χ0) is 16.4. The van der Waals surface area contributed by atoms with Gasteiger partial charge in [0.05, 0.1) is 4.90 Å². The van der Waals surface area contributed by atoms with Gasteiger partial charge in [-0.25, -0.2) is 0 Å². The van der Waals surface area contributed by atoms with E-state index in [-0.39, 0.29) is 18.1 Å². The lowest BCUT2D eigenvalue weighted by atomic mass is 10.2. The topological polar surface area (TPSA) is 61.8 Å². The second kappa shape index (κ2) is 6.22. The van der Waals surface area contributed by atoms with E-state index in [4.69, 9.17) is 13.7 Å². The summed E-state index contributed by atoms with van der Waals surface area (Å²) in [6.45, 7) is 4.00. The summed E-state index contributed by atoms with van der Waals surface area (Å²) >= 11 is 0. The summed E-state index contributed by atoms with van der Waals surface area (Å²) in [5.74, 6) is 1.27. The predicted molar refractivity (Wildman–Crippen MR) is 85.4 cm³/mol. The molecule has 1 heterocycles. The van der Waals surface area contributed by atoms with Gasteiger partial charge in [0.2, 0.25) is 0 Å². The lowest BCUT2D eigenvalue weighted by molar-refractivity contribution is 0.0554. The molecular weight excluding hydrogens is 316 g/mol. The van der Waals surface area contributed by atoms with Crippen molar-refractivity contribution in [3.8, 4) is 11.5 Å². The average molecular weight is 334 g/mol. The van der Waals surface area contributed by atoms with Crippen LogP contribution in [0, 0.1) is 13.8 Å². The van der Waals surface area contributed by atoms with Crippen molar-refractivity contribution >= 4 is 10.1 Å². The fourth-order valence-electron chi connectivity index (χ4n) is 2.24. The fraction of sp³-hybridized carbons (Fsp3) is 0.294. The molecule has 1 unspecified atom stereocenters. The highest BCUT2D eigenvalue weighted by atomic mass is 32.2. The molecule has 0 amide bonds. The lowest BCUT2D eigenvalue weighted by Gasteiger charge is -2.26. The predicted octanol–water partition coefficient (Wildman–Crippen LogP) is 2.85. The van der Waals surface area contributed by atoms with Crippen LogP contribution in [0.1, 0.15) is 11.1 Å². The molecule has 2 aromatic rings. The van der Waals surface area contributed by atoms with Gasteiger partial charge >= 0.3 is 0 Å². The van der Waals surface area contributed by atoms with E-state index in [1.54, 1.807) is 12.1 Å². The molecule has 0 spiro atoms. The molecule has 1 aliphatic heterocycles. The Balaban J connectivity index is 1.66. The van der Waals surface area contributed by atoms with Crippen molar-refractivity contribution in [1.29, 1.82) is 0 Å². The van der Waals surface area contributed by atoms with E-state index in [9.17, 15) is 8.42 Å². The second-order valence-corrected chi connectivity index (χ2v) is 7.17. The van der Waals surface area contributed by atoms with Gasteiger partial charge in [-0.2, -0.15) is 8.42 Å². The monoisotopic (exact) mass is 334 g/mol. The van der Waals surface area contributed by atoms with Gasteiger partial charge in [-0.15, -0.1) is 0 Å². The highest BCUT2D eigenvalue weighted by Gasteiger charge is 2.24. The van der Waals surface area contributed by atoms with Crippen molar-refractivity contribution in [2.24, 2.45) is 0 Å². The average Bonchev–Trinajstić information content (AvgIpc) is 2.53. The number of rotatable bonds is 4. The molecule has 0 N–H and O–H groups in total. The molecule has 5 nitrogen and oxygen atoms in total. The maximum Gasteiger partial charge on any atom is 0.297 e. The first-order chi connectivity index (χ1) is 10.9. The van der Waals surface area contributed by atoms with Crippen LogP contribution in [0.3, 0.4) is 0 Å². The molecule has 0 saturated carbocycles. The lowest BCUT2D eigenvalue weighted by Crippen LogP contribution is -2.34. The Morgan fingerprint density at radius 1 is 1.04 bits per heavy atom. The maximum atomic E-state index is 12.2. The Hall–Kier alpha value is -2.05. The molecule has 0 aliphatic carbocycles. The third-order valence-electron chi connectivity index (χ3n) is 3.54. The first-order valence-electron chi connectivity index (χ1n) is 7.30. The minimum Gasteiger partial charge on any atom is -0.486 e. The van der Waals surface area contributed by atoms with E-state index >= 15 is 0 Å². The van der Waals surface area contributed by atoms with Gasteiger partial charge in [-0.05, 0) is 43.7 Å². The van der Waals surface area contributed by atoms with E-state index in [0.717, 1.165) is 11.1 Å². The normalized spacial score (nSPS) is 17.0. The smallest absolute Gasteiger partial charge is 0.297 e. The van der Waals surface area contributed by atoms with Crippen molar-refractivity contribution in [3.63, 3.8) is 0 Å². The maximum absolute atomic E-state index is 12.2. The van der Waals surface area contributed by atoms with E-state index in [1.807, 2.05) is 32.0 Å². The van der Waals surface area contributed by atoms with Gasteiger partial charge in [-0.1, -0.05) is 23.8 Å². The van der Waals surface area contributed by atoms with Crippen LogP contribution in [0.2, 0.25) is 0 Å². The Morgan fingerprint density at radius 2 is 1.74 bits per heavy atom. The zero-order valence-corrected chi connectivity index (χ0v) is 13.8. The number of ether oxygens (including phenoxy) is 2. The number of fused-ring (bicyclic) bond motifs is 1. The van der Waals surface area contributed by atoms with E-state index < -0.39 is 16.2 Å². The Kier molecular flexibility index (Phi) is 4.28. The van der Waals surface area contributed by atoms with E-state index in [0.29, 0.717) is 11.5 Å². The van der Waals surface area contributed by atoms with Crippen LogP contribution in [-0.4, -0.2) is 27.7 Å². The Morgan fingerprint density at radius 3 is 2.48 bits per heavy atom. The third-order valence-corrected chi connectivity index (χ3v) is 4.83. The van der Waals surface area contributed by atoms with Gasteiger partial charge in [0.1, 0.15) is 13.2 Å². The summed E-state index contributed by atoms with van der Waals surface area (Å²) in [6.07, 6.45) is -0.468. The third kappa shape index (κ3) is 3.65. The van der Waals surface area contributed by atoms with Crippen molar-refractivity contribution in [3.05, 3.63) is 53.6 Å². The van der Waals surface area contributed by atoms with Gasteiger partial charge in [0, 0.05) is 0 Å². The van der Waals surface area contributed by atoms with Gasteiger partial charge < -0.3 is 9.47 Å². The molecule has 0 aromatic heterocycles. The molecule has 0 bridgehead atoms. The van der Waals surface area contributed by atoms with Gasteiger partial charge in [0.25, 0.3) is 10.1 Å². The van der Waals surface area contributed by atoms with Crippen molar-refractivity contribution in [2.75, 3.05) is 13.2 Å². The quantitative estimate of drug-likeness (QED) is 0.805. The molecule has 2 aromatic carbocycles. The molecule has 3 rings (SSSR count). The number of aryl methyl sites for hydroxylation is 2. The van der Waals surface area contributed by atoms with Gasteiger partial charge in [-0.3, -0.25) is 4.18 Å². The first kappa shape index (κ1) is 15.8. The second-order valence-electron chi connectivity index (χ2n) is 5.55. The zero-order valence-electron chi connectivity index (χ0n) is 13.0.